The highest BCUT2D eigenvalue weighted by atomic mass is 32.2. The maximum Gasteiger partial charge on any atom is 0.267 e. The molecule has 6 nitrogen and oxygen atoms in total. The summed E-state index contributed by atoms with van der Waals surface area (Å²) in [4.78, 5) is 12.9. The van der Waals surface area contributed by atoms with Crippen molar-refractivity contribution in [1.29, 1.82) is 0 Å². The monoisotopic (exact) mass is 430 g/mol. The van der Waals surface area contributed by atoms with E-state index < -0.39 is 15.9 Å². The zero-order chi connectivity index (χ0) is 21.2. The summed E-state index contributed by atoms with van der Waals surface area (Å²) in [5.41, 5.74) is 3.13. The molecule has 0 saturated carbocycles. The van der Waals surface area contributed by atoms with Crippen molar-refractivity contribution in [2.45, 2.75) is 18.7 Å². The van der Waals surface area contributed by atoms with Gasteiger partial charge in [0, 0.05) is 12.7 Å². The van der Waals surface area contributed by atoms with Crippen LogP contribution in [0.5, 0.6) is 5.75 Å². The Balaban J connectivity index is 1.89. The topological polar surface area (TPSA) is 75.7 Å². The Bertz CT molecular complexity index is 1120. The molecule has 0 bridgehead atoms. The number of hydrogen-bond donors (Lipinski definition) is 1. The van der Waals surface area contributed by atoms with Crippen molar-refractivity contribution in [3.8, 4) is 5.75 Å². The molecule has 0 saturated heterocycles. The molecule has 152 valence electrons. The summed E-state index contributed by atoms with van der Waals surface area (Å²) in [7, 11) is -0.909. The molecule has 1 heterocycles. The quantitative estimate of drug-likeness (QED) is 0.627. The van der Waals surface area contributed by atoms with Crippen molar-refractivity contribution in [3.05, 3.63) is 69.9 Å². The van der Waals surface area contributed by atoms with Gasteiger partial charge in [-0.05, 0) is 72.8 Å². The molecule has 0 radical (unpaired) electrons. The molecule has 0 atom stereocenters. The summed E-state index contributed by atoms with van der Waals surface area (Å²) in [5, 5.41) is 4.41. The van der Waals surface area contributed by atoms with Gasteiger partial charge in [-0.3, -0.25) is 9.10 Å². The third kappa shape index (κ3) is 4.44. The first-order chi connectivity index (χ1) is 13.7. The Morgan fingerprint density at radius 2 is 1.66 bits per heavy atom. The van der Waals surface area contributed by atoms with Crippen molar-refractivity contribution in [2.75, 3.05) is 23.8 Å². The Labute approximate surface area is 174 Å². The molecule has 0 aliphatic heterocycles. The number of methoxy groups -OCH3 is 1. The number of nitrogens with zero attached hydrogens (tertiary/aromatic N) is 1. The summed E-state index contributed by atoms with van der Waals surface area (Å²) in [6.07, 6.45) is 0. The summed E-state index contributed by atoms with van der Waals surface area (Å²) in [6, 6.07) is 13.8. The summed E-state index contributed by atoms with van der Waals surface area (Å²) < 4.78 is 32.6. The zero-order valence-corrected chi connectivity index (χ0v) is 18.2. The fourth-order valence-electron chi connectivity index (χ4n) is 2.98. The molecule has 0 fully saturated rings. The maximum atomic E-state index is 13.2. The number of anilines is 2. The van der Waals surface area contributed by atoms with E-state index in [0.717, 1.165) is 26.8 Å². The van der Waals surface area contributed by atoms with Crippen LogP contribution in [0.15, 0.2) is 58.8 Å². The lowest BCUT2D eigenvalue weighted by atomic mass is 10.1. The van der Waals surface area contributed by atoms with E-state index in [9.17, 15) is 13.2 Å². The molecule has 8 heteroatoms. The van der Waals surface area contributed by atoms with E-state index in [2.05, 4.69) is 5.32 Å². The van der Waals surface area contributed by atoms with Crippen LogP contribution in [0.3, 0.4) is 0 Å². The lowest BCUT2D eigenvalue weighted by Crippen LogP contribution is -2.28. The first kappa shape index (κ1) is 20.9. The van der Waals surface area contributed by atoms with E-state index in [0.29, 0.717) is 17.1 Å². The van der Waals surface area contributed by atoms with E-state index in [1.165, 1.54) is 13.1 Å². The van der Waals surface area contributed by atoms with Crippen molar-refractivity contribution in [1.82, 2.24) is 0 Å². The van der Waals surface area contributed by atoms with Crippen LogP contribution in [0.2, 0.25) is 0 Å². The van der Waals surface area contributed by atoms with E-state index in [1.807, 2.05) is 32.0 Å². The van der Waals surface area contributed by atoms with Gasteiger partial charge >= 0.3 is 0 Å². The van der Waals surface area contributed by atoms with Crippen molar-refractivity contribution in [3.63, 3.8) is 0 Å². The molecular weight excluding hydrogens is 408 g/mol. The fourth-order valence-corrected chi connectivity index (χ4v) is 5.47. The second-order valence-corrected chi connectivity index (χ2v) is 9.47. The zero-order valence-electron chi connectivity index (χ0n) is 16.6. The maximum absolute atomic E-state index is 13.2. The predicted octanol–water partition coefficient (Wildman–Crippen LogP) is 4.45. The van der Waals surface area contributed by atoms with Gasteiger partial charge in [-0.15, -0.1) is 11.3 Å². The summed E-state index contributed by atoms with van der Waals surface area (Å²) in [6.45, 7) is 3.88. The van der Waals surface area contributed by atoms with Crippen LogP contribution >= 0.6 is 11.3 Å². The molecular formula is C21H22N2O4S2. The number of rotatable bonds is 6. The number of benzene rings is 2. The number of aryl methyl sites for hydroxylation is 2. The highest BCUT2D eigenvalue weighted by molar-refractivity contribution is 7.93. The minimum absolute atomic E-state index is 0.0253. The number of carbonyl (C=O) groups is 1. The number of ether oxygens (including phenoxy) is 1. The Kier molecular flexibility index (Phi) is 5.95. The normalized spacial score (nSPS) is 11.2. The lowest BCUT2D eigenvalue weighted by Gasteiger charge is -2.20. The Morgan fingerprint density at radius 1 is 1.03 bits per heavy atom. The van der Waals surface area contributed by atoms with E-state index >= 15 is 0 Å². The third-order valence-electron chi connectivity index (χ3n) is 4.39. The minimum Gasteiger partial charge on any atom is -0.497 e. The average molecular weight is 431 g/mol. The third-order valence-corrected chi connectivity index (χ3v) is 7.26. The predicted molar refractivity (Wildman–Crippen MR) is 117 cm³/mol. The van der Waals surface area contributed by atoms with Crippen molar-refractivity contribution >= 4 is 38.6 Å². The second-order valence-electron chi connectivity index (χ2n) is 6.62. The SMILES string of the molecule is COc1ccc(N(C)S(=O)(=O)c2ccsc2C(=O)Nc2cc(C)cc(C)c2)cc1. The number of sulfonamides is 1. The molecule has 1 aromatic heterocycles. The minimum atomic E-state index is -3.91. The molecule has 0 aliphatic carbocycles. The number of amides is 1. The van der Waals surface area contributed by atoms with Crippen LogP contribution in [0.4, 0.5) is 11.4 Å². The van der Waals surface area contributed by atoms with Gasteiger partial charge in [0.2, 0.25) is 0 Å². The van der Waals surface area contributed by atoms with Gasteiger partial charge < -0.3 is 10.1 Å². The molecule has 1 N–H and O–H groups in total. The number of carbonyl (C=O) groups excluding carboxylic acids is 1. The average Bonchev–Trinajstić information content (AvgIpc) is 3.17. The van der Waals surface area contributed by atoms with Crippen LogP contribution in [-0.2, 0) is 10.0 Å². The van der Waals surface area contributed by atoms with Gasteiger partial charge in [-0.25, -0.2) is 8.42 Å². The molecule has 1 amide bonds. The van der Waals surface area contributed by atoms with Crippen LogP contribution in [-0.4, -0.2) is 28.5 Å². The van der Waals surface area contributed by atoms with E-state index in [-0.39, 0.29) is 9.77 Å². The number of hydrogen-bond acceptors (Lipinski definition) is 5. The van der Waals surface area contributed by atoms with E-state index in [4.69, 9.17) is 4.74 Å². The van der Waals surface area contributed by atoms with Gasteiger partial charge in [0.15, 0.2) is 0 Å². The number of nitrogens with one attached hydrogen (secondary N) is 1. The van der Waals surface area contributed by atoms with Crippen LogP contribution in [0.25, 0.3) is 0 Å². The largest absolute Gasteiger partial charge is 0.497 e. The Hall–Kier alpha value is -2.84. The van der Waals surface area contributed by atoms with Crippen molar-refractivity contribution < 1.29 is 17.9 Å². The fraction of sp³-hybridized carbons (Fsp3) is 0.190. The molecule has 29 heavy (non-hydrogen) atoms. The first-order valence-electron chi connectivity index (χ1n) is 8.82. The Morgan fingerprint density at radius 3 is 2.24 bits per heavy atom. The molecule has 2 aromatic carbocycles. The van der Waals surface area contributed by atoms with Crippen LogP contribution in [0, 0.1) is 13.8 Å². The first-order valence-corrected chi connectivity index (χ1v) is 11.1. The van der Waals surface area contributed by atoms with Gasteiger partial charge in [-0.1, -0.05) is 6.07 Å². The van der Waals surface area contributed by atoms with Gasteiger partial charge in [0.25, 0.3) is 15.9 Å². The lowest BCUT2D eigenvalue weighted by molar-refractivity contribution is 0.102. The molecule has 3 rings (SSSR count). The standard InChI is InChI=1S/C21H22N2O4S2/c1-14-11-15(2)13-16(12-14)22-21(24)20-19(9-10-28-20)29(25,26)23(3)17-5-7-18(27-4)8-6-17/h5-13H,1-4H3,(H,22,24). The molecule has 0 spiro atoms. The summed E-state index contributed by atoms with van der Waals surface area (Å²) in [5.74, 6) is 0.176. The van der Waals surface area contributed by atoms with Gasteiger partial charge in [0.1, 0.15) is 15.5 Å². The van der Waals surface area contributed by atoms with Crippen molar-refractivity contribution in [2.24, 2.45) is 0 Å². The molecule has 3 aromatic rings. The number of thiophene rings is 1. The highest BCUT2D eigenvalue weighted by Gasteiger charge is 2.28. The van der Waals surface area contributed by atoms with E-state index in [1.54, 1.807) is 36.8 Å². The van der Waals surface area contributed by atoms with Crippen LogP contribution in [0.1, 0.15) is 20.8 Å². The smallest absolute Gasteiger partial charge is 0.267 e. The van der Waals surface area contributed by atoms with Gasteiger partial charge in [0.05, 0.1) is 12.8 Å². The molecule has 0 aliphatic rings. The highest BCUT2D eigenvalue weighted by Crippen LogP contribution is 2.29. The second kappa shape index (κ2) is 8.26. The van der Waals surface area contributed by atoms with Gasteiger partial charge in [-0.2, -0.15) is 0 Å². The van der Waals surface area contributed by atoms with Crippen LogP contribution < -0.4 is 14.4 Å². The summed E-state index contributed by atoms with van der Waals surface area (Å²) >= 11 is 1.09. The molecule has 0 unspecified atom stereocenters.